The van der Waals surface area contributed by atoms with Gasteiger partial charge in [0.25, 0.3) is 0 Å². The Balaban J connectivity index is 2.10. The van der Waals surface area contributed by atoms with E-state index in [0.29, 0.717) is 6.61 Å². The van der Waals surface area contributed by atoms with Crippen molar-refractivity contribution in [2.24, 2.45) is 5.16 Å². The summed E-state index contributed by atoms with van der Waals surface area (Å²) in [5.41, 5.74) is 3.95. The molecule has 2 rings (SSSR count). The fraction of sp³-hybridized carbons (Fsp3) is 0.682. The van der Waals surface area contributed by atoms with Crippen molar-refractivity contribution in [1.29, 1.82) is 0 Å². The quantitative estimate of drug-likeness (QED) is 0.375. The maximum absolute atomic E-state index is 5.72. The van der Waals surface area contributed by atoms with Crippen LogP contribution in [0.4, 0.5) is 0 Å². The van der Waals surface area contributed by atoms with Crippen molar-refractivity contribution in [3.05, 3.63) is 29.3 Å². The Hall–Kier alpha value is -1.59. The van der Waals surface area contributed by atoms with E-state index < -0.39 is 0 Å². The summed E-state index contributed by atoms with van der Waals surface area (Å²) in [7, 11) is 3.94. The van der Waals surface area contributed by atoms with Crippen LogP contribution in [-0.4, -0.2) is 68.5 Å². The van der Waals surface area contributed by atoms with E-state index in [-0.39, 0.29) is 6.04 Å². The first-order valence-corrected chi connectivity index (χ1v) is 10.4. The molecule has 0 amide bonds. The highest BCUT2D eigenvalue weighted by molar-refractivity contribution is 5.89. The average Bonchev–Trinajstić information content (AvgIpc) is 2.69. The third-order valence-corrected chi connectivity index (χ3v) is 5.64. The van der Waals surface area contributed by atoms with Gasteiger partial charge in [0.1, 0.15) is 12.4 Å². The van der Waals surface area contributed by atoms with E-state index >= 15 is 0 Å². The SMILES string of the molecule is CCC(=NOCCN(CC)CC)C1Cc2ccc(OC)cc2CCCN1C. The van der Waals surface area contributed by atoms with Crippen LogP contribution in [0.2, 0.25) is 0 Å². The molecular formula is C22H37N3O2. The Bertz CT molecular complexity index is 599. The van der Waals surface area contributed by atoms with Crippen molar-refractivity contribution in [2.75, 3.05) is 46.9 Å². The molecule has 0 spiro atoms. The summed E-state index contributed by atoms with van der Waals surface area (Å²) in [5, 5.41) is 4.56. The van der Waals surface area contributed by atoms with Gasteiger partial charge in [0.2, 0.25) is 0 Å². The first kappa shape index (κ1) is 21.7. The number of benzene rings is 1. The van der Waals surface area contributed by atoms with Crippen molar-refractivity contribution < 1.29 is 9.57 Å². The standard InChI is InChI=1S/C22H37N3O2/c1-6-21(23-27-15-14-25(7-2)8-3)22-17-19-11-12-20(26-5)16-18(19)10-9-13-24(22)4/h11-12,16,22H,6-10,13-15,17H2,1-5H3. The largest absolute Gasteiger partial charge is 0.497 e. The van der Waals surface area contributed by atoms with Crippen LogP contribution in [0.1, 0.15) is 44.7 Å². The molecule has 1 unspecified atom stereocenters. The lowest BCUT2D eigenvalue weighted by atomic mass is 9.91. The van der Waals surface area contributed by atoms with Crippen LogP contribution in [0.3, 0.4) is 0 Å². The van der Waals surface area contributed by atoms with Gasteiger partial charge < -0.3 is 14.5 Å². The highest BCUT2D eigenvalue weighted by Gasteiger charge is 2.24. The van der Waals surface area contributed by atoms with E-state index in [2.05, 4.69) is 61.0 Å². The van der Waals surface area contributed by atoms with Gasteiger partial charge in [-0.15, -0.1) is 0 Å². The Labute approximate surface area is 165 Å². The van der Waals surface area contributed by atoms with E-state index in [1.165, 1.54) is 11.1 Å². The molecule has 0 N–H and O–H groups in total. The Morgan fingerprint density at radius 1 is 1.22 bits per heavy atom. The molecule has 0 bridgehead atoms. The van der Waals surface area contributed by atoms with Crippen LogP contribution >= 0.6 is 0 Å². The molecule has 0 fully saturated rings. The number of aryl methyl sites for hydroxylation is 1. The van der Waals surface area contributed by atoms with Crippen LogP contribution in [0.5, 0.6) is 5.75 Å². The van der Waals surface area contributed by atoms with E-state index in [4.69, 9.17) is 9.57 Å². The third kappa shape index (κ3) is 6.22. The molecule has 0 aromatic heterocycles. The summed E-state index contributed by atoms with van der Waals surface area (Å²) >= 11 is 0. The van der Waals surface area contributed by atoms with Gasteiger partial charge in [-0.05, 0) is 75.6 Å². The lowest BCUT2D eigenvalue weighted by Gasteiger charge is -2.31. The number of ether oxygens (including phenoxy) is 1. The Kier molecular flexibility index (Phi) is 9.08. The topological polar surface area (TPSA) is 37.3 Å². The van der Waals surface area contributed by atoms with Crippen LogP contribution in [0.15, 0.2) is 23.4 Å². The molecule has 1 aliphatic rings. The zero-order valence-electron chi connectivity index (χ0n) is 17.8. The van der Waals surface area contributed by atoms with Crippen molar-refractivity contribution in [3.8, 4) is 5.75 Å². The molecule has 1 aliphatic heterocycles. The molecule has 0 saturated carbocycles. The minimum Gasteiger partial charge on any atom is -0.497 e. The third-order valence-electron chi connectivity index (χ3n) is 5.64. The predicted molar refractivity (Wildman–Crippen MR) is 113 cm³/mol. The maximum Gasteiger partial charge on any atom is 0.129 e. The number of hydrogen-bond donors (Lipinski definition) is 0. The van der Waals surface area contributed by atoms with Crippen LogP contribution in [0.25, 0.3) is 0 Å². The molecule has 152 valence electrons. The summed E-state index contributed by atoms with van der Waals surface area (Å²) in [6.45, 7) is 11.3. The van der Waals surface area contributed by atoms with E-state index in [0.717, 1.165) is 63.3 Å². The molecule has 1 atom stereocenters. The lowest BCUT2D eigenvalue weighted by Crippen LogP contribution is -2.42. The summed E-state index contributed by atoms with van der Waals surface area (Å²) < 4.78 is 5.41. The van der Waals surface area contributed by atoms with Gasteiger partial charge in [-0.3, -0.25) is 4.90 Å². The second-order valence-electron chi connectivity index (χ2n) is 7.24. The zero-order chi connectivity index (χ0) is 19.6. The summed E-state index contributed by atoms with van der Waals surface area (Å²) in [5.74, 6) is 0.948. The number of oxime groups is 1. The van der Waals surface area contributed by atoms with E-state index in [1.54, 1.807) is 7.11 Å². The second kappa shape index (κ2) is 11.3. The molecule has 27 heavy (non-hydrogen) atoms. The monoisotopic (exact) mass is 375 g/mol. The summed E-state index contributed by atoms with van der Waals surface area (Å²) in [6, 6.07) is 6.77. The van der Waals surface area contributed by atoms with Gasteiger partial charge in [0.15, 0.2) is 0 Å². The number of hydrogen-bond acceptors (Lipinski definition) is 5. The van der Waals surface area contributed by atoms with Gasteiger partial charge in [-0.25, -0.2) is 0 Å². The van der Waals surface area contributed by atoms with Gasteiger partial charge in [-0.2, -0.15) is 0 Å². The van der Waals surface area contributed by atoms with Crippen molar-refractivity contribution in [3.63, 3.8) is 0 Å². The number of rotatable bonds is 9. The molecule has 0 saturated heterocycles. The molecule has 1 heterocycles. The molecule has 0 aliphatic carbocycles. The number of nitrogens with zero attached hydrogens (tertiary/aromatic N) is 3. The van der Waals surface area contributed by atoms with Gasteiger partial charge >= 0.3 is 0 Å². The van der Waals surface area contributed by atoms with Gasteiger partial charge in [-0.1, -0.05) is 32.0 Å². The molecule has 5 nitrogen and oxygen atoms in total. The zero-order valence-corrected chi connectivity index (χ0v) is 17.8. The van der Waals surface area contributed by atoms with Gasteiger partial charge in [0, 0.05) is 6.54 Å². The molecule has 5 heteroatoms. The fourth-order valence-electron chi connectivity index (χ4n) is 3.77. The molecule has 0 radical (unpaired) electrons. The Morgan fingerprint density at radius 2 is 2.00 bits per heavy atom. The normalized spacial score (nSPS) is 18.7. The highest BCUT2D eigenvalue weighted by atomic mass is 16.6. The van der Waals surface area contributed by atoms with Gasteiger partial charge in [0.05, 0.1) is 18.9 Å². The summed E-state index contributed by atoms with van der Waals surface area (Å²) in [4.78, 5) is 10.5. The number of fused-ring (bicyclic) bond motifs is 1. The van der Waals surface area contributed by atoms with E-state index in [9.17, 15) is 0 Å². The maximum atomic E-state index is 5.72. The molecule has 1 aromatic carbocycles. The smallest absolute Gasteiger partial charge is 0.129 e. The molecular weight excluding hydrogens is 338 g/mol. The first-order chi connectivity index (χ1) is 13.1. The fourth-order valence-corrected chi connectivity index (χ4v) is 3.77. The average molecular weight is 376 g/mol. The number of likely N-dealkylation sites (N-methyl/N-ethyl adjacent to an activating group) is 2. The van der Waals surface area contributed by atoms with Crippen LogP contribution < -0.4 is 4.74 Å². The van der Waals surface area contributed by atoms with Crippen molar-refractivity contribution >= 4 is 5.71 Å². The minimum absolute atomic E-state index is 0.288. The van der Waals surface area contributed by atoms with Crippen molar-refractivity contribution in [2.45, 2.75) is 52.5 Å². The Morgan fingerprint density at radius 3 is 2.67 bits per heavy atom. The number of methoxy groups -OCH3 is 1. The van der Waals surface area contributed by atoms with Crippen molar-refractivity contribution in [1.82, 2.24) is 9.80 Å². The lowest BCUT2D eigenvalue weighted by molar-refractivity contribution is 0.111. The highest BCUT2D eigenvalue weighted by Crippen LogP contribution is 2.24. The summed E-state index contributed by atoms with van der Waals surface area (Å²) in [6.07, 6.45) is 4.13. The second-order valence-corrected chi connectivity index (χ2v) is 7.24. The first-order valence-electron chi connectivity index (χ1n) is 10.4. The van der Waals surface area contributed by atoms with Crippen LogP contribution in [0, 0.1) is 0 Å². The van der Waals surface area contributed by atoms with E-state index in [1.807, 2.05) is 0 Å². The molecule has 1 aromatic rings. The minimum atomic E-state index is 0.288. The van der Waals surface area contributed by atoms with Crippen LogP contribution in [-0.2, 0) is 17.7 Å². The predicted octanol–water partition coefficient (Wildman–Crippen LogP) is 3.61.